The van der Waals surface area contributed by atoms with Crippen LogP contribution in [0.1, 0.15) is 20.3 Å². The zero-order valence-electron chi connectivity index (χ0n) is 11.8. The van der Waals surface area contributed by atoms with Gasteiger partial charge in [-0.15, -0.1) is 0 Å². The second kappa shape index (κ2) is 6.67. The van der Waals surface area contributed by atoms with E-state index in [2.05, 4.69) is 5.32 Å². The van der Waals surface area contributed by atoms with Crippen molar-refractivity contribution in [1.29, 1.82) is 0 Å². The highest BCUT2D eigenvalue weighted by Crippen LogP contribution is 2.29. The van der Waals surface area contributed by atoms with Crippen LogP contribution in [-0.4, -0.2) is 37.8 Å². The molecule has 7 nitrogen and oxygen atoms in total. The van der Waals surface area contributed by atoms with Crippen LogP contribution in [0, 0.1) is 10.1 Å². The van der Waals surface area contributed by atoms with Gasteiger partial charge in [0.25, 0.3) is 5.69 Å². The van der Waals surface area contributed by atoms with E-state index in [1.807, 2.05) is 13.8 Å². The van der Waals surface area contributed by atoms with E-state index in [9.17, 15) is 18.5 Å². The van der Waals surface area contributed by atoms with Crippen LogP contribution in [0.5, 0.6) is 0 Å². The Morgan fingerprint density at radius 3 is 2.50 bits per heavy atom. The van der Waals surface area contributed by atoms with Crippen molar-refractivity contribution in [2.45, 2.75) is 25.2 Å². The maximum absolute atomic E-state index is 12.3. The molecule has 1 N–H and O–H groups in total. The summed E-state index contributed by atoms with van der Waals surface area (Å²) in [6.07, 6.45) is 0.638. The van der Waals surface area contributed by atoms with Crippen molar-refractivity contribution >= 4 is 21.4 Å². The molecule has 0 spiro atoms. The minimum absolute atomic E-state index is 0.278. The molecule has 0 bridgehead atoms. The highest BCUT2D eigenvalue weighted by molar-refractivity contribution is 7.89. The van der Waals surface area contributed by atoms with Crippen LogP contribution in [0.25, 0.3) is 0 Å². The number of nitrogens with one attached hydrogen (secondary N) is 1. The van der Waals surface area contributed by atoms with Gasteiger partial charge in [-0.1, -0.05) is 6.92 Å². The predicted octanol–water partition coefficient (Wildman–Crippen LogP) is 2.06. The molecule has 8 heteroatoms. The van der Waals surface area contributed by atoms with E-state index >= 15 is 0 Å². The van der Waals surface area contributed by atoms with E-state index in [0.717, 1.165) is 4.31 Å². The summed E-state index contributed by atoms with van der Waals surface area (Å²) in [4.78, 5) is 10.1. The van der Waals surface area contributed by atoms with Crippen molar-refractivity contribution in [3.05, 3.63) is 28.3 Å². The van der Waals surface area contributed by atoms with E-state index in [0.29, 0.717) is 25.2 Å². The number of rotatable bonds is 7. The number of nitrogens with zero attached hydrogens (tertiary/aromatic N) is 2. The maximum Gasteiger partial charge on any atom is 0.291 e. The smallest absolute Gasteiger partial charge is 0.291 e. The molecule has 1 rings (SSSR count). The lowest BCUT2D eigenvalue weighted by atomic mass is 10.3. The summed E-state index contributed by atoms with van der Waals surface area (Å²) in [6, 6.07) is 4.05. The molecule has 0 radical (unpaired) electrons. The summed E-state index contributed by atoms with van der Waals surface area (Å²) < 4.78 is 25.8. The third-order valence-corrected chi connectivity index (χ3v) is 4.67. The zero-order valence-corrected chi connectivity index (χ0v) is 12.6. The minimum Gasteiger partial charge on any atom is -0.385 e. The highest BCUT2D eigenvalue weighted by atomic mass is 32.2. The lowest BCUT2D eigenvalue weighted by Crippen LogP contribution is -2.28. The molecule has 1 aromatic rings. The quantitative estimate of drug-likeness (QED) is 0.614. The molecular formula is C12H19N3O4S. The summed E-state index contributed by atoms with van der Waals surface area (Å²) in [7, 11) is -2.43. The van der Waals surface area contributed by atoms with Crippen molar-refractivity contribution in [2.24, 2.45) is 0 Å². The summed E-state index contributed by atoms with van der Waals surface area (Å²) in [5.74, 6) is 0. The van der Waals surface area contributed by atoms with E-state index in [4.69, 9.17) is 0 Å². The molecule has 1 aromatic carbocycles. The van der Waals surface area contributed by atoms with Gasteiger partial charge >= 0.3 is 0 Å². The number of sulfonamides is 1. The molecule has 0 aromatic heterocycles. The third kappa shape index (κ3) is 3.45. The molecular weight excluding hydrogens is 282 g/mol. The van der Waals surface area contributed by atoms with Gasteiger partial charge in [0, 0.05) is 31.9 Å². The lowest BCUT2D eigenvalue weighted by Gasteiger charge is -2.16. The Hall–Kier alpha value is -1.67. The standard InChI is InChI=1S/C12H19N3O4S/c1-4-8-14(3)20(18,19)12-7-6-10(13-5-2)9-11(12)15(16)17/h6-7,9,13H,4-5,8H2,1-3H3. The van der Waals surface area contributed by atoms with Crippen molar-refractivity contribution < 1.29 is 13.3 Å². The molecule has 0 heterocycles. The minimum atomic E-state index is -3.84. The van der Waals surface area contributed by atoms with Crippen molar-refractivity contribution in [2.75, 3.05) is 25.5 Å². The molecule has 20 heavy (non-hydrogen) atoms. The first-order valence-corrected chi connectivity index (χ1v) is 7.77. The van der Waals surface area contributed by atoms with Crippen molar-refractivity contribution in [1.82, 2.24) is 4.31 Å². The fourth-order valence-electron chi connectivity index (χ4n) is 1.80. The van der Waals surface area contributed by atoms with Gasteiger partial charge in [0.05, 0.1) is 4.92 Å². The van der Waals surface area contributed by atoms with Gasteiger partial charge in [0.2, 0.25) is 10.0 Å². The zero-order chi connectivity index (χ0) is 15.3. The Kier molecular flexibility index (Phi) is 5.46. The second-order valence-electron chi connectivity index (χ2n) is 4.30. The van der Waals surface area contributed by atoms with E-state index in [-0.39, 0.29) is 4.90 Å². The monoisotopic (exact) mass is 301 g/mol. The largest absolute Gasteiger partial charge is 0.385 e. The molecule has 112 valence electrons. The number of benzene rings is 1. The number of anilines is 1. The van der Waals surface area contributed by atoms with Gasteiger partial charge in [-0.25, -0.2) is 12.7 Å². The molecule has 0 aliphatic carbocycles. The van der Waals surface area contributed by atoms with Gasteiger partial charge in [-0.3, -0.25) is 10.1 Å². The SMILES string of the molecule is CCCN(C)S(=O)(=O)c1ccc(NCC)cc1[N+](=O)[O-]. The molecule has 0 unspecified atom stereocenters. The number of nitro benzene ring substituents is 1. The Morgan fingerprint density at radius 2 is 2.00 bits per heavy atom. The molecule has 0 amide bonds. The van der Waals surface area contributed by atoms with Crippen LogP contribution in [0.2, 0.25) is 0 Å². The van der Waals surface area contributed by atoms with E-state index < -0.39 is 20.6 Å². The first kappa shape index (κ1) is 16.4. The van der Waals surface area contributed by atoms with Crippen LogP contribution in [0.3, 0.4) is 0 Å². The lowest BCUT2D eigenvalue weighted by molar-refractivity contribution is -0.387. The summed E-state index contributed by atoms with van der Waals surface area (Å²) in [5.41, 5.74) is 0.114. The Balaban J connectivity index is 3.33. The average molecular weight is 301 g/mol. The van der Waals surface area contributed by atoms with Crippen LogP contribution < -0.4 is 5.32 Å². The molecule has 0 aliphatic heterocycles. The van der Waals surface area contributed by atoms with Crippen LogP contribution >= 0.6 is 0 Å². The van der Waals surface area contributed by atoms with Gasteiger partial charge in [-0.05, 0) is 25.5 Å². The van der Waals surface area contributed by atoms with E-state index in [1.165, 1.54) is 25.2 Å². The third-order valence-electron chi connectivity index (χ3n) is 2.76. The van der Waals surface area contributed by atoms with Gasteiger partial charge in [-0.2, -0.15) is 0 Å². The van der Waals surface area contributed by atoms with Crippen molar-refractivity contribution in [3.8, 4) is 0 Å². The summed E-state index contributed by atoms with van der Waals surface area (Å²) in [5, 5.41) is 14.0. The van der Waals surface area contributed by atoms with Crippen molar-refractivity contribution in [3.63, 3.8) is 0 Å². The van der Waals surface area contributed by atoms with Gasteiger partial charge < -0.3 is 5.32 Å². The predicted molar refractivity (Wildman–Crippen MR) is 77.4 cm³/mol. The van der Waals surface area contributed by atoms with E-state index in [1.54, 1.807) is 0 Å². The average Bonchev–Trinajstić information content (AvgIpc) is 2.39. The van der Waals surface area contributed by atoms with Crippen LogP contribution in [-0.2, 0) is 10.0 Å². The van der Waals surface area contributed by atoms with Crippen LogP contribution in [0.4, 0.5) is 11.4 Å². The first-order chi connectivity index (χ1) is 9.34. The fourth-order valence-corrected chi connectivity index (χ4v) is 3.19. The Morgan fingerprint density at radius 1 is 1.35 bits per heavy atom. The van der Waals surface area contributed by atoms with Gasteiger partial charge in [0.15, 0.2) is 4.90 Å². The molecule has 0 saturated heterocycles. The Bertz CT molecular complexity index is 586. The Labute approximate surface area is 118 Å². The molecule has 0 fully saturated rings. The summed E-state index contributed by atoms with van der Waals surface area (Å²) in [6.45, 7) is 4.60. The number of hydrogen-bond donors (Lipinski definition) is 1. The van der Waals surface area contributed by atoms with Gasteiger partial charge in [0.1, 0.15) is 0 Å². The number of nitro groups is 1. The topological polar surface area (TPSA) is 92.6 Å². The molecule has 0 aliphatic rings. The second-order valence-corrected chi connectivity index (χ2v) is 6.31. The molecule has 0 saturated carbocycles. The fraction of sp³-hybridized carbons (Fsp3) is 0.500. The van der Waals surface area contributed by atoms with Crippen LogP contribution in [0.15, 0.2) is 23.1 Å². The normalized spacial score (nSPS) is 11.6. The maximum atomic E-state index is 12.3. The number of hydrogen-bond acceptors (Lipinski definition) is 5. The highest BCUT2D eigenvalue weighted by Gasteiger charge is 2.29. The molecule has 0 atom stereocenters. The first-order valence-electron chi connectivity index (χ1n) is 6.33. The summed E-state index contributed by atoms with van der Waals surface area (Å²) >= 11 is 0.